The summed E-state index contributed by atoms with van der Waals surface area (Å²) in [6, 6.07) is 6.61. The number of nitrogens with zero attached hydrogens (tertiary/aromatic N) is 4. The van der Waals surface area contributed by atoms with Gasteiger partial charge in [0.05, 0.1) is 37.9 Å². The molecule has 0 spiro atoms. The highest BCUT2D eigenvalue weighted by Crippen LogP contribution is 2.22. The molecule has 1 aromatic heterocycles. The van der Waals surface area contributed by atoms with E-state index in [4.69, 9.17) is 0 Å². The van der Waals surface area contributed by atoms with Gasteiger partial charge >= 0.3 is 11.9 Å². The van der Waals surface area contributed by atoms with Gasteiger partial charge in [0.1, 0.15) is 5.78 Å². The number of carbonyl (C=O) groups is 7. The van der Waals surface area contributed by atoms with Crippen molar-refractivity contribution in [3.63, 3.8) is 0 Å². The quantitative estimate of drug-likeness (QED) is 0.0887. The molecule has 4 atom stereocenters. The van der Waals surface area contributed by atoms with Gasteiger partial charge in [0.2, 0.25) is 17.7 Å². The van der Waals surface area contributed by atoms with Crippen molar-refractivity contribution in [2.45, 2.75) is 85.9 Å². The molecule has 3 amide bonds. The number of ketones is 2. The highest BCUT2D eigenvalue weighted by molar-refractivity contribution is 5.94. The van der Waals surface area contributed by atoms with Crippen LogP contribution in [0.4, 0.5) is 0 Å². The second-order valence-corrected chi connectivity index (χ2v) is 16.2. The largest absolute Gasteiger partial charge is 0.480 e. The zero-order chi connectivity index (χ0) is 43.5. The summed E-state index contributed by atoms with van der Waals surface area (Å²) in [4.78, 5) is 101. The van der Waals surface area contributed by atoms with Crippen molar-refractivity contribution in [2.24, 2.45) is 23.7 Å². The third-order valence-electron chi connectivity index (χ3n) is 10.6. The molecule has 3 rings (SSSR count). The summed E-state index contributed by atoms with van der Waals surface area (Å²) in [6.07, 6.45) is 4.46. The van der Waals surface area contributed by atoms with Crippen LogP contribution in [0, 0.1) is 23.7 Å². The third kappa shape index (κ3) is 18.2. The molecule has 0 bridgehead atoms. The van der Waals surface area contributed by atoms with E-state index < -0.39 is 29.8 Å². The molecule has 59 heavy (non-hydrogen) atoms. The van der Waals surface area contributed by atoms with Crippen LogP contribution < -0.4 is 16.0 Å². The Hall–Kier alpha value is -5.00. The molecule has 17 nitrogen and oxygen atoms in total. The molecule has 1 aliphatic heterocycles. The number of amides is 3. The van der Waals surface area contributed by atoms with Gasteiger partial charge in [-0.25, -0.2) is 4.98 Å². The molecule has 1 fully saturated rings. The number of carboxylic acids is 2. The number of aromatic amines is 1. The van der Waals surface area contributed by atoms with Crippen LogP contribution in [-0.2, 0) is 53.1 Å². The molecule has 17 heteroatoms. The first-order chi connectivity index (χ1) is 28.0. The lowest BCUT2D eigenvalue weighted by molar-refractivity contribution is -0.140. The van der Waals surface area contributed by atoms with Crippen LogP contribution in [0.2, 0.25) is 0 Å². The molecule has 0 aliphatic carbocycles. The summed E-state index contributed by atoms with van der Waals surface area (Å²) < 4.78 is 0. The van der Waals surface area contributed by atoms with E-state index >= 15 is 0 Å². The van der Waals surface area contributed by atoms with Gasteiger partial charge in [0, 0.05) is 89.4 Å². The van der Waals surface area contributed by atoms with Gasteiger partial charge < -0.3 is 35.9 Å². The van der Waals surface area contributed by atoms with Crippen molar-refractivity contribution in [1.29, 1.82) is 0 Å². The first-order valence-corrected chi connectivity index (χ1v) is 20.5. The number of carbonyl (C=O) groups excluding carboxylic acids is 5. The van der Waals surface area contributed by atoms with Crippen molar-refractivity contribution >= 4 is 41.2 Å². The Kier molecular flexibility index (Phi) is 20.3. The van der Waals surface area contributed by atoms with Crippen LogP contribution in [-0.4, -0.2) is 141 Å². The molecule has 1 unspecified atom stereocenters. The van der Waals surface area contributed by atoms with Gasteiger partial charge in [-0.2, -0.15) is 0 Å². The zero-order valence-corrected chi connectivity index (χ0v) is 35.2. The SMILES string of the molecule is CCC(C)[C@H](NC(=O)[C@@H](CC(C)=O)Cc1cnc[nH]1)C(=O)C[C@@H](CC(C)C)C(=O)NCc1ccc(CNC(=O)CN2CCN(CC(=O)O)CCN(CC(=O)O)CC2)cc1. The highest BCUT2D eigenvalue weighted by atomic mass is 16.4. The van der Waals surface area contributed by atoms with Crippen LogP contribution in [0.5, 0.6) is 0 Å². The number of H-pyrrole nitrogens is 1. The lowest BCUT2D eigenvalue weighted by Crippen LogP contribution is -2.49. The Morgan fingerprint density at radius 3 is 1.73 bits per heavy atom. The van der Waals surface area contributed by atoms with Crippen molar-refractivity contribution < 1.29 is 43.8 Å². The Morgan fingerprint density at radius 2 is 1.27 bits per heavy atom. The number of aliphatic carboxylic acids is 2. The number of aromatic nitrogens is 2. The lowest BCUT2D eigenvalue weighted by atomic mass is 9.85. The second kappa shape index (κ2) is 24.8. The Balaban J connectivity index is 1.56. The summed E-state index contributed by atoms with van der Waals surface area (Å²) >= 11 is 0. The number of imidazole rings is 1. The number of hydrogen-bond donors (Lipinski definition) is 6. The van der Waals surface area contributed by atoms with E-state index in [0.717, 1.165) is 11.1 Å². The minimum absolute atomic E-state index is 0.0226. The van der Waals surface area contributed by atoms with Crippen molar-refractivity contribution in [1.82, 2.24) is 40.6 Å². The number of Topliss-reactive ketones (excluding diaryl/α,β-unsaturated/α-hetero) is 2. The first kappa shape index (κ1) is 48.4. The highest BCUT2D eigenvalue weighted by Gasteiger charge is 2.33. The van der Waals surface area contributed by atoms with E-state index in [9.17, 15) is 43.8 Å². The van der Waals surface area contributed by atoms with Crippen LogP contribution in [0.1, 0.15) is 77.1 Å². The van der Waals surface area contributed by atoms with Gasteiger partial charge in [-0.1, -0.05) is 58.4 Å². The lowest BCUT2D eigenvalue weighted by Gasteiger charge is -2.27. The van der Waals surface area contributed by atoms with Crippen molar-refractivity contribution in [3.8, 4) is 0 Å². The maximum absolute atomic E-state index is 13.9. The van der Waals surface area contributed by atoms with E-state index in [-0.39, 0.29) is 93.1 Å². The van der Waals surface area contributed by atoms with Gasteiger partial charge in [-0.15, -0.1) is 0 Å². The molecule has 326 valence electrons. The zero-order valence-electron chi connectivity index (χ0n) is 35.2. The number of hydrogen-bond acceptors (Lipinski definition) is 11. The normalized spacial score (nSPS) is 16.4. The molecule has 1 aliphatic rings. The van der Waals surface area contributed by atoms with Gasteiger partial charge in [-0.3, -0.25) is 43.5 Å². The molecule has 2 aromatic rings. The Bertz CT molecular complexity index is 1660. The van der Waals surface area contributed by atoms with E-state index in [1.54, 1.807) is 16.0 Å². The molecule has 1 aromatic carbocycles. The van der Waals surface area contributed by atoms with E-state index in [1.165, 1.54) is 13.3 Å². The third-order valence-corrected chi connectivity index (χ3v) is 10.6. The van der Waals surface area contributed by atoms with E-state index in [2.05, 4.69) is 25.9 Å². The molecule has 1 saturated heterocycles. The fourth-order valence-electron chi connectivity index (χ4n) is 7.14. The predicted octanol–water partition coefficient (Wildman–Crippen LogP) is 1.72. The topological polar surface area (TPSA) is 234 Å². The molecule has 2 heterocycles. The number of nitrogens with one attached hydrogen (secondary N) is 4. The summed E-state index contributed by atoms with van der Waals surface area (Å²) in [5, 5.41) is 27.4. The standard InChI is InChI=1S/C42H64N8O9/c1-6-29(4)40(47-42(59)34(18-30(5)51)19-35-23-43-27-46-35)36(52)20-33(17-28(2)3)41(58)45-22-32-9-7-31(8-10-32)21-44-37(53)24-48-11-13-49(25-38(54)55)15-16-50(14-12-48)26-39(56)57/h7-10,23,27-29,33-34,40H,6,11-22,24-26H2,1-5H3,(H,43,46)(H,44,53)(H,45,58)(H,47,59)(H,54,55)(H,56,57)/t29?,33-,34+,40+/m1/s1. The maximum Gasteiger partial charge on any atom is 0.317 e. The molecular weight excluding hydrogens is 761 g/mol. The van der Waals surface area contributed by atoms with Crippen molar-refractivity contribution in [3.05, 3.63) is 53.6 Å². The van der Waals surface area contributed by atoms with Crippen LogP contribution >= 0.6 is 0 Å². The summed E-state index contributed by atoms with van der Waals surface area (Å²) in [5.74, 6) is -4.53. The minimum atomic E-state index is -0.969. The fourth-order valence-corrected chi connectivity index (χ4v) is 7.14. The molecule has 0 radical (unpaired) electrons. The Morgan fingerprint density at radius 1 is 0.746 bits per heavy atom. The smallest absolute Gasteiger partial charge is 0.317 e. The number of rotatable bonds is 24. The van der Waals surface area contributed by atoms with Gasteiger partial charge in [0.25, 0.3) is 0 Å². The molecule has 0 saturated carbocycles. The van der Waals surface area contributed by atoms with E-state index in [1.807, 2.05) is 56.9 Å². The summed E-state index contributed by atoms with van der Waals surface area (Å²) in [7, 11) is 0. The van der Waals surface area contributed by atoms with Crippen LogP contribution in [0.3, 0.4) is 0 Å². The Labute approximate surface area is 347 Å². The maximum atomic E-state index is 13.9. The number of carboxylic acid groups (broad SMARTS) is 2. The average Bonchev–Trinajstić information content (AvgIpc) is 3.71. The van der Waals surface area contributed by atoms with E-state index in [0.29, 0.717) is 57.8 Å². The molecule has 6 N–H and O–H groups in total. The predicted molar refractivity (Wildman–Crippen MR) is 220 cm³/mol. The van der Waals surface area contributed by atoms with Crippen LogP contribution in [0.25, 0.3) is 0 Å². The fraction of sp³-hybridized carbons (Fsp3) is 0.619. The average molecular weight is 825 g/mol. The van der Waals surface area contributed by atoms with Gasteiger partial charge in [0.15, 0.2) is 5.78 Å². The van der Waals surface area contributed by atoms with Gasteiger partial charge in [-0.05, 0) is 36.3 Å². The monoisotopic (exact) mass is 824 g/mol. The minimum Gasteiger partial charge on any atom is -0.480 e. The van der Waals surface area contributed by atoms with Crippen LogP contribution in [0.15, 0.2) is 36.8 Å². The second-order valence-electron chi connectivity index (χ2n) is 16.2. The summed E-state index contributed by atoms with van der Waals surface area (Å²) in [5.41, 5.74) is 2.38. The van der Waals surface area contributed by atoms with Crippen molar-refractivity contribution in [2.75, 3.05) is 58.9 Å². The number of benzene rings is 1. The summed E-state index contributed by atoms with van der Waals surface area (Å²) in [6.45, 7) is 12.1. The molecular formula is C42H64N8O9. The first-order valence-electron chi connectivity index (χ1n) is 20.5.